The van der Waals surface area contributed by atoms with Gasteiger partial charge in [-0.25, -0.2) is 0 Å². The zero-order valence-electron chi connectivity index (χ0n) is 9.26. The molecule has 14 heavy (non-hydrogen) atoms. The molecule has 1 unspecified atom stereocenters. The average Bonchev–Trinajstić information content (AvgIpc) is 2.10. The zero-order valence-corrected chi connectivity index (χ0v) is 9.26. The van der Waals surface area contributed by atoms with E-state index in [0.717, 1.165) is 17.6 Å². The van der Waals surface area contributed by atoms with E-state index in [0.29, 0.717) is 6.42 Å². The molecule has 1 aliphatic rings. The van der Waals surface area contributed by atoms with E-state index in [2.05, 4.69) is 12.7 Å². The molecule has 0 spiro atoms. The van der Waals surface area contributed by atoms with Gasteiger partial charge in [-0.15, -0.1) is 0 Å². The van der Waals surface area contributed by atoms with E-state index < -0.39 is 0 Å². The van der Waals surface area contributed by atoms with Crippen LogP contribution in [0.4, 0.5) is 0 Å². The predicted octanol–water partition coefficient (Wildman–Crippen LogP) is 3.43. The number of ketones is 1. The van der Waals surface area contributed by atoms with Crippen molar-refractivity contribution in [3.63, 3.8) is 0 Å². The largest absolute Gasteiger partial charge is 0.295 e. The lowest BCUT2D eigenvalue weighted by Crippen LogP contribution is -2.26. The Bertz CT molecular complexity index is 320. The van der Waals surface area contributed by atoms with Gasteiger partial charge in [0.25, 0.3) is 0 Å². The lowest BCUT2D eigenvalue weighted by molar-refractivity contribution is -0.115. The fraction of sp³-hybridized carbons (Fsp3) is 0.462. The predicted molar refractivity (Wildman–Crippen MR) is 60.1 cm³/mol. The van der Waals surface area contributed by atoms with E-state index in [1.165, 1.54) is 0 Å². The number of carbonyl (C=O) groups excluding carboxylic acids is 1. The summed E-state index contributed by atoms with van der Waals surface area (Å²) >= 11 is 0. The van der Waals surface area contributed by atoms with Crippen LogP contribution in [0.1, 0.15) is 33.6 Å². The topological polar surface area (TPSA) is 17.1 Å². The van der Waals surface area contributed by atoms with Crippen molar-refractivity contribution in [2.45, 2.75) is 33.6 Å². The minimum atomic E-state index is -0.0668. The maximum absolute atomic E-state index is 11.3. The van der Waals surface area contributed by atoms with Gasteiger partial charge in [0.2, 0.25) is 0 Å². The quantitative estimate of drug-likeness (QED) is 0.610. The first-order valence-corrected chi connectivity index (χ1v) is 5.04. The second-order valence-corrected chi connectivity index (χ2v) is 4.05. The molecule has 0 radical (unpaired) electrons. The second kappa shape index (κ2) is 3.95. The molecule has 0 heterocycles. The van der Waals surface area contributed by atoms with E-state index in [9.17, 15) is 4.79 Å². The highest BCUT2D eigenvalue weighted by Gasteiger charge is 2.33. The van der Waals surface area contributed by atoms with Crippen LogP contribution in [0.15, 0.2) is 36.0 Å². The van der Waals surface area contributed by atoms with Gasteiger partial charge in [-0.05, 0) is 33.3 Å². The minimum Gasteiger partial charge on any atom is -0.295 e. The molecule has 1 nitrogen and oxygen atoms in total. The number of rotatable bonds is 2. The summed E-state index contributed by atoms with van der Waals surface area (Å²) in [5, 5.41) is 0. The molecular weight excluding hydrogens is 172 g/mol. The number of allylic oxidation sites excluding steroid dienone is 5. The smallest absolute Gasteiger partial charge is 0.155 e. The molecule has 1 atom stereocenters. The molecule has 1 rings (SSSR count). The molecule has 0 aromatic carbocycles. The number of hydrogen-bond donors (Lipinski definition) is 0. The maximum Gasteiger partial charge on any atom is 0.155 e. The molecule has 76 valence electrons. The van der Waals surface area contributed by atoms with Gasteiger partial charge < -0.3 is 0 Å². The van der Waals surface area contributed by atoms with Crippen LogP contribution < -0.4 is 0 Å². The Hall–Kier alpha value is -1.11. The molecular formula is C13H18O. The van der Waals surface area contributed by atoms with E-state index in [1.54, 1.807) is 6.08 Å². The van der Waals surface area contributed by atoms with Crippen molar-refractivity contribution >= 4 is 5.78 Å². The molecule has 0 aromatic rings. The Morgan fingerprint density at radius 2 is 2.29 bits per heavy atom. The highest BCUT2D eigenvalue weighted by atomic mass is 16.1. The first kappa shape index (κ1) is 11.0. The van der Waals surface area contributed by atoms with Gasteiger partial charge >= 0.3 is 0 Å². The van der Waals surface area contributed by atoms with Gasteiger partial charge in [0, 0.05) is 11.8 Å². The van der Waals surface area contributed by atoms with Gasteiger partial charge in [-0.3, -0.25) is 4.79 Å². The highest BCUT2D eigenvalue weighted by Crippen LogP contribution is 2.43. The Morgan fingerprint density at radius 1 is 1.64 bits per heavy atom. The molecule has 0 amide bonds. The first-order chi connectivity index (χ1) is 6.53. The van der Waals surface area contributed by atoms with Crippen LogP contribution in [0.2, 0.25) is 0 Å². The maximum atomic E-state index is 11.3. The molecule has 0 bridgehead atoms. The Kier molecular flexibility index (Phi) is 3.10. The Labute approximate surface area is 86.2 Å². The summed E-state index contributed by atoms with van der Waals surface area (Å²) in [5.74, 6) is 0.240. The fourth-order valence-electron chi connectivity index (χ4n) is 2.15. The van der Waals surface area contributed by atoms with Gasteiger partial charge in [-0.1, -0.05) is 29.9 Å². The monoisotopic (exact) mass is 190 g/mol. The van der Waals surface area contributed by atoms with Crippen LogP contribution >= 0.6 is 0 Å². The summed E-state index contributed by atoms with van der Waals surface area (Å²) in [6.45, 7) is 10.1. The van der Waals surface area contributed by atoms with Crippen molar-refractivity contribution in [2.75, 3.05) is 0 Å². The van der Waals surface area contributed by atoms with Crippen LogP contribution in [0.5, 0.6) is 0 Å². The van der Waals surface area contributed by atoms with Gasteiger partial charge in [0.15, 0.2) is 5.78 Å². The number of carbonyl (C=O) groups is 1. The minimum absolute atomic E-state index is 0.0668. The third kappa shape index (κ3) is 1.72. The van der Waals surface area contributed by atoms with Gasteiger partial charge in [0.1, 0.15) is 0 Å². The number of hydrogen-bond acceptors (Lipinski definition) is 1. The van der Waals surface area contributed by atoms with Crippen LogP contribution in [-0.2, 0) is 4.79 Å². The third-order valence-electron chi connectivity index (χ3n) is 3.06. The lowest BCUT2D eigenvalue weighted by Gasteiger charge is -2.35. The molecule has 0 aliphatic heterocycles. The molecule has 1 heteroatoms. The van der Waals surface area contributed by atoms with Crippen molar-refractivity contribution in [1.82, 2.24) is 0 Å². The first-order valence-electron chi connectivity index (χ1n) is 5.04. The van der Waals surface area contributed by atoms with E-state index in [1.807, 2.05) is 26.8 Å². The molecule has 0 saturated carbocycles. The van der Waals surface area contributed by atoms with Crippen molar-refractivity contribution < 1.29 is 4.79 Å². The zero-order chi connectivity index (χ0) is 10.8. The highest BCUT2D eigenvalue weighted by molar-refractivity contribution is 5.92. The van der Waals surface area contributed by atoms with Crippen molar-refractivity contribution in [3.05, 3.63) is 36.0 Å². The molecule has 1 aliphatic carbocycles. The van der Waals surface area contributed by atoms with Gasteiger partial charge in [-0.2, -0.15) is 0 Å². The summed E-state index contributed by atoms with van der Waals surface area (Å²) < 4.78 is 0. The normalized spacial score (nSPS) is 27.9. The summed E-state index contributed by atoms with van der Waals surface area (Å²) in [7, 11) is 0. The standard InChI is InChI=1S/C13H18O/c1-5-7-13(10(2)3)8-6-12(14)9-11(13)4/h5,7,9H,2,6,8H2,1,3-4H3/b7-5+. The van der Waals surface area contributed by atoms with Crippen LogP contribution in [0.25, 0.3) is 0 Å². The molecule has 0 aromatic heterocycles. The van der Waals surface area contributed by atoms with Crippen LogP contribution in [0.3, 0.4) is 0 Å². The molecule has 0 N–H and O–H groups in total. The van der Waals surface area contributed by atoms with E-state index in [4.69, 9.17) is 0 Å². The Morgan fingerprint density at radius 3 is 2.71 bits per heavy atom. The Balaban J connectivity index is 3.18. The van der Waals surface area contributed by atoms with E-state index in [-0.39, 0.29) is 11.2 Å². The second-order valence-electron chi connectivity index (χ2n) is 4.05. The lowest BCUT2D eigenvalue weighted by atomic mass is 9.68. The van der Waals surface area contributed by atoms with Crippen molar-refractivity contribution in [3.8, 4) is 0 Å². The molecule has 0 saturated heterocycles. The summed E-state index contributed by atoms with van der Waals surface area (Å²) in [6, 6.07) is 0. The molecule has 0 fully saturated rings. The van der Waals surface area contributed by atoms with E-state index >= 15 is 0 Å². The SMILES string of the molecule is C=C(C)C1(/C=C/C)CCC(=O)C=C1C. The van der Waals surface area contributed by atoms with Crippen molar-refractivity contribution in [1.29, 1.82) is 0 Å². The fourth-order valence-corrected chi connectivity index (χ4v) is 2.15. The average molecular weight is 190 g/mol. The van der Waals surface area contributed by atoms with Gasteiger partial charge in [0.05, 0.1) is 0 Å². The summed E-state index contributed by atoms with van der Waals surface area (Å²) in [6.07, 6.45) is 7.47. The summed E-state index contributed by atoms with van der Waals surface area (Å²) in [4.78, 5) is 11.3. The van der Waals surface area contributed by atoms with Crippen LogP contribution in [0, 0.1) is 5.41 Å². The van der Waals surface area contributed by atoms with Crippen molar-refractivity contribution in [2.24, 2.45) is 5.41 Å². The van der Waals surface area contributed by atoms with Crippen LogP contribution in [-0.4, -0.2) is 5.78 Å². The summed E-state index contributed by atoms with van der Waals surface area (Å²) in [5.41, 5.74) is 2.18. The third-order valence-corrected chi connectivity index (χ3v) is 3.06.